The van der Waals surface area contributed by atoms with E-state index < -0.39 is 17.9 Å². The minimum Gasteiger partial charge on any atom is -0.468 e. The molecule has 0 aromatic heterocycles. The van der Waals surface area contributed by atoms with Crippen molar-refractivity contribution in [3.63, 3.8) is 0 Å². The molecule has 0 amide bonds. The van der Waals surface area contributed by atoms with Crippen molar-refractivity contribution in [3.05, 3.63) is 35.4 Å². The highest BCUT2D eigenvalue weighted by Gasteiger charge is 2.32. The smallest absolute Gasteiger partial charge is 0.324 e. The SMILES string of the molecule is CO/N=C(\C)c1ccccc1C(C(=O)OC)C(=O)OC. The third-order valence-electron chi connectivity index (χ3n) is 2.76. The second-order valence-corrected chi connectivity index (χ2v) is 3.93. The number of carbonyl (C=O) groups is 2. The molecule has 1 aromatic carbocycles. The third-order valence-corrected chi connectivity index (χ3v) is 2.76. The van der Waals surface area contributed by atoms with Crippen LogP contribution in [0.3, 0.4) is 0 Å². The lowest BCUT2D eigenvalue weighted by Gasteiger charge is -2.16. The molecule has 0 saturated heterocycles. The Hall–Kier alpha value is -2.37. The Morgan fingerprint density at radius 2 is 1.60 bits per heavy atom. The highest BCUT2D eigenvalue weighted by molar-refractivity contribution is 6.06. The Kier molecular flexibility index (Phi) is 5.71. The second kappa shape index (κ2) is 7.28. The second-order valence-electron chi connectivity index (χ2n) is 3.93. The van der Waals surface area contributed by atoms with Gasteiger partial charge in [-0.05, 0) is 12.5 Å². The van der Waals surface area contributed by atoms with Crippen LogP contribution in [0.25, 0.3) is 0 Å². The highest BCUT2D eigenvalue weighted by atomic mass is 16.6. The summed E-state index contributed by atoms with van der Waals surface area (Å²) in [5.74, 6) is -2.52. The average Bonchev–Trinajstić information content (AvgIpc) is 2.47. The van der Waals surface area contributed by atoms with E-state index in [4.69, 9.17) is 4.84 Å². The Morgan fingerprint density at radius 3 is 2.10 bits per heavy atom. The fraction of sp³-hybridized carbons (Fsp3) is 0.357. The first-order chi connectivity index (χ1) is 9.56. The summed E-state index contributed by atoms with van der Waals surface area (Å²) in [7, 11) is 3.86. The van der Waals surface area contributed by atoms with Crippen molar-refractivity contribution in [2.75, 3.05) is 21.3 Å². The summed E-state index contributed by atoms with van der Waals surface area (Å²) >= 11 is 0. The summed E-state index contributed by atoms with van der Waals surface area (Å²) in [5.41, 5.74) is 1.63. The molecule has 1 aromatic rings. The number of benzene rings is 1. The minimum absolute atomic E-state index is 0.463. The number of rotatable bonds is 5. The molecule has 0 aliphatic rings. The molecule has 0 atom stereocenters. The molecular weight excluding hydrogens is 262 g/mol. The van der Waals surface area contributed by atoms with E-state index in [0.29, 0.717) is 16.8 Å². The van der Waals surface area contributed by atoms with Gasteiger partial charge < -0.3 is 14.3 Å². The van der Waals surface area contributed by atoms with Crippen molar-refractivity contribution < 1.29 is 23.9 Å². The number of methoxy groups -OCH3 is 2. The molecule has 6 nitrogen and oxygen atoms in total. The van der Waals surface area contributed by atoms with Crippen LogP contribution in [0, 0.1) is 0 Å². The van der Waals surface area contributed by atoms with Crippen LogP contribution < -0.4 is 0 Å². The van der Waals surface area contributed by atoms with Gasteiger partial charge in [-0.25, -0.2) is 0 Å². The van der Waals surface area contributed by atoms with Gasteiger partial charge in [0.2, 0.25) is 0 Å². The van der Waals surface area contributed by atoms with E-state index in [1.165, 1.54) is 21.3 Å². The van der Waals surface area contributed by atoms with Gasteiger partial charge in [0.15, 0.2) is 5.92 Å². The number of esters is 2. The third kappa shape index (κ3) is 3.34. The van der Waals surface area contributed by atoms with Crippen molar-refractivity contribution in [3.8, 4) is 0 Å². The van der Waals surface area contributed by atoms with Gasteiger partial charge in [-0.3, -0.25) is 9.59 Å². The first kappa shape index (κ1) is 15.7. The maximum absolute atomic E-state index is 11.9. The van der Waals surface area contributed by atoms with Crippen LogP contribution in [0.5, 0.6) is 0 Å². The van der Waals surface area contributed by atoms with Gasteiger partial charge >= 0.3 is 11.9 Å². The number of hydrogen-bond donors (Lipinski definition) is 0. The van der Waals surface area contributed by atoms with E-state index >= 15 is 0 Å². The fourth-order valence-corrected chi connectivity index (χ4v) is 1.85. The van der Waals surface area contributed by atoms with Crippen LogP contribution in [-0.2, 0) is 23.9 Å². The first-order valence-electron chi connectivity index (χ1n) is 5.89. The summed E-state index contributed by atoms with van der Waals surface area (Å²) in [6.45, 7) is 1.72. The Labute approximate surface area is 117 Å². The Balaban J connectivity index is 3.37. The quantitative estimate of drug-likeness (QED) is 0.353. The van der Waals surface area contributed by atoms with Gasteiger partial charge in [0.1, 0.15) is 7.11 Å². The molecule has 0 fully saturated rings. The normalized spacial score (nSPS) is 11.2. The minimum atomic E-state index is -1.15. The van der Waals surface area contributed by atoms with Gasteiger partial charge in [-0.1, -0.05) is 29.4 Å². The lowest BCUT2D eigenvalue weighted by Crippen LogP contribution is -2.26. The summed E-state index contributed by atoms with van der Waals surface area (Å²) in [5, 5.41) is 3.82. The van der Waals surface area contributed by atoms with Crippen LogP contribution in [0.2, 0.25) is 0 Å². The van der Waals surface area contributed by atoms with E-state index in [1.54, 1.807) is 31.2 Å². The molecule has 0 aliphatic heterocycles. The van der Waals surface area contributed by atoms with Crippen LogP contribution in [0.4, 0.5) is 0 Å². The molecule has 108 valence electrons. The van der Waals surface area contributed by atoms with Crippen LogP contribution >= 0.6 is 0 Å². The molecule has 0 radical (unpaired) electrons. The standard InChI is InChI=1S/C14H17NO5/c1-9(15-20-4)10-7-5-6-8-11(10)12(13(16)18-2)14(17)19-3/h5-8,12H,1-4H3/b15-9+. The summed E-state index contributed by atoms with van der Waals surface area (Å²) < 4.78 is 9.35. The van der Waals surface area contributed by atoms with Gasteiger partial charge in [0.25, 0.3) is 0 Å². The highest BCUT2D eigenvalue weighted by Crippen LogP contribution is 2.24. The number of carbonyl (C=O) groups excluding carboxylic acids is 2. The first-order valence-corrected chi connectivity index (χ1v) is 5.89. The molecule has 20 heavy (non-hydrogen) atoms. The Morgan fingerprint density at radius 1 is 1.05 bits per heavy atom. The van der Waals surface area contributed by atoms with Gasteiger partial charge in [-0.2, -0.15) is 0 Å². The van der Waals surface area contributed by atoms with Crippen LogP contribution in [0.1, 0.15) is 24.0 Å². The lowest BCUT2D eigenvalue weighted by molar-refractivity contribution is -0.154. The van der Waals surface area contributed by atoms with E-state index in [2.05, 4.69) is 14.6 Å². The number of ether oxygens (including phenoxy) is 2. The number of nitrogens with zero attached hydrogens (tertiary/aromatic N) is 1. The molecule has 1 rings (SSSR count). The average molecular weight is 279 g/mol. The molecule has 0 spiro atoms. The maximum Gasteiger partial charge on any atom is 0.324 e. The number of hydrogen-bond acceptors (Lipinski definition) is 6. The molecule has 0 N–H and O–H groups in total. The molecule has 0 aliphatic carbocycles. The zero-order valence-electron chi connectivity index (χ0n) is 11.9. The molecule has 0 bridgehead atoms. The van der Waals surface area contributed by atoms with Crippen molar-refractivity contribution in [1.29, 1.82) is 0 Å². The summed E-state index contributed by atoms with van der Waals surface area (Å²) in [4.78, 5) is 28.4. The fourth-order valence-electron chi connectivity index (χ4n) is 1.85. The predicted octanol–water partition coefficient (Wildman–Crippen LogP) is 1.49. The van der Waals surface area contributed by atoms with Crippen molar-refractivity contribution >= 4 is 17.7 Å². The monoisotopic (exact) mass is 279 g/mol. The van der Waals surface area contributed by atoms with Crippen LogP contribution in [-0.4, -0.2) is 39.0 Å². The van der Waals surface area contributed by atoms with E-state index in [9.17, 15) is 9.59 Å². The van der Waals surface area contributed by atoms with Gasteiger partial charge in [0, 0.05) is 5.56 Å². The summed E-state index contributed by atoms with van der Waals surface area (Å²) in [6.07, 6.45) is 0. The van der Waals surface area contributed by atoms with E-state index in [0.717, 1.165) is 0 Å². The summed E-state index contributed by atoms with van der Waals surface area (Å²) in [6, 6.07) is 6.89. The van der Waals surface area contributed by atoms with Gasteiger partial charge in [0.05, 0.1) is 19.9 Å². The van der Waals surface area contributed by atoms with Crippen LogP contribution in [0.15, 0.2) is 29.4 Å². The molecule has 0 saturated carbocycles. The predicted molar refractivity (Wildman–Crippen MR) is 72.4 cm³/mol. The molecule has 0 unspecified atom stereocenters. The Bertz CT molecular complexity index is 508. The van der Waals surface area contributed by atoms with Crippen molar-refractivity contribution in [1.82, 2.24) is 0 Å². The molecule has 6 heteroatoms. The molecule has 0 heterocycles. The lowest BCUT2D eigenvalue weighted by atomic mass is 9.92. The zero-order valence-corrected chi connectivity index (χ0v) is 11.9. The largest absolute Gasteiger partial charge is 0.468 e. The van der Waals surface area contributed by atoms with Crippen molar-refractivity contribution in [2.45, 2.75) is 12.8 Å². The zero-order chi connectivity index (χ0) is 15.1. The maximum atomic E-state index is 11.9. The van der Waals surface area contributed by atoms with Gasteiger partial charge in [-0.15, -0.1) is 0 Å². The number of oxime groups is 1. The van der Waals surface area contributed by atoms with E-state index in [1.807, 2.05) is 0 Å². The van der Waals surface area contributed by atoms with Crippen molar-refractivity contribution in [2.24, 2.45) is 5.16 Å². The van der Waals surface area contributed by atoms with E-state index in [-0.39, 0.29) is 0 Å². The molecular formula is C14H17NO5. The topological polar surface area (TPSA) is 74.2 Å².